The lowest BCUT2D eigenvalue weighted by molar-refractivity contribution is 0.0237. The maximum absolute atomic E-state index is 12.8. The summed E-state index contributed by atoms with van der Waals surface area (Å²) in [5.74, 6) is 0.997. The van der Waals surface area contributed by atoms with Gasteiger partial charge in [0.25, 0.3) is 5.91 Å². The van der Waals surface area contributed by atoms with Gasteiger partial charge in [-0.2, -0.15) is 0 Å². The molecule has 0 spiro atoms. The van der Waals surface area contributed by atoms with Gasteiger partial charge in [-0.15, -0.1) is 0 Å². The fourth-order valence-electron chi connectivity index (χ4n) is 4.09. The fourth-order valence-corrected chi connectivity index (χ4v) is 4.28. The monoisotopic (exact) mass is 476 g/mol. The van der Waals surface area contributed by atoms with Gasteiger partial charge in [-0.1, -0.05) is 11.6 Å². The lowest BCUT2D eigenvalue weighted by atomic mass is 9.93. The first kappa shape index (κ1) is 23.3. The summed E-state index contributed by atoms with van der Waals surface area (Å²) < 4.78 is 11.2. The molecule has 0 radical (unpaired) electrons. The van der Waals surface area contributed by atoms with Crippen LogP contribution in [0, 0.1) is 12.8 Å². The molecule has 33 heavy (non-hydrogen) atoms. The number of aromatic nitrogens is 2. The summed E-state index contributed by atoms with van der Waals surface area (Å²) in [7, 11) is 0. The summed E-state index contributed by atoms with van der Waals surface area (Å²) >= 11 is 6.19. The number of hydrogen-bond donors (Lipinski definition) is 4. The number of ether oxygens (including phenoxy) is 2. The van der Waals surface area contributed by atoms with E-state index in [0.29, 0.717) is 44.3 Å². The van der Waals surface area contributed by atoms with Gasteiger partial charge < -0.3 is 30.9 Å². The van der Waals surface area contributed by atoms with Crippen LogP contribution in [-0.4, -0.2) is 77.9 Å². The Bertz CT molecular complexity index is 1010. The molecule has 4 rings (SSSR count). The van der Waals surface area contributed by atoms with E-state index in [2.05, 4.69) is 25.5 Å². The smallest absolute Gasteiger partial charge is 0.255 e. The lowest BCUT2D eigenvalue weighted by Gasteiger charge is -2.36. The van der Waals surface area contributed by atoms with E-state index in [9.17, 15) is 9.90 Å². The molecule has 2 aliphatic heterocycles. The van der Waals surface area contributed by atoms with E-state index in [1.54, 1.807) is 12.4 Å². The van der Waals surface area contributed by atoms with Crippen LogP contribution in [0.15, 0.2) is 18.5 Å². The number of benzene rings is 1. The van der Waals surface area contributed by atoms with Gasteiger partial charge in [0, 0.05) is 44.5 Å². The highest BCUT2D eigenvalue weighted by Gasteiger charge is 2.29. The van der Waals surface area contributed by atoms with Gasteiger partial charge in [-0.25, -0.2) is 4.98 Å². The van der Waals surface area contributed by atoms with Crippen LogP contribution in [0.25, 0.3) is 0 Å². The van der Waals surface area contributed by atoms with E-state index in [0.717, 1.165) is 31.0 Å². The van der Waals surface area contributed by atoms with Crippen LogP contribution in [-0.2, 0) is 0 Å². The molecule has 1 aromatic carbocycles. The molecular formula is C22H29ClN6O4. The fraction of sp³-hybridized carbons (Fsp3) is 0.500. The average molecular weight is 477 g/mol. The van der Waals surface area contributed by atoms with Crippen molar-refractivity contribution in [1.82, 2.24) is 20.2 Å². The third-order valence-corrected chi connectivity index (χ3v) is 6.35. The summed E-state index contributed by atoms with van der Waals surface area (Å²) in [6.07, 6.45) is 3.55. The minimum atomic E-state index is -0.541. The maximum atomic E-state index is 12.8. The topological polar surface area (TPSA) is 135 Å². The molecule has 3 heterocycles. The zero-order chi connectivity index (χ0) is 23.4. The van der Waals surface area contributed by atoms with Gasteiger partial charge >= 0.3 is 0 Å². The van der Waals surface area contributed by atoms with Crippen LogP contribution in [0.3, 0.4) is 0 Å². The Morgan fingerprint density at radius 1 is 1.30 bits per heavy atom. The van der Waals surface area contributed by atoms with Gasteiger partial charge in [0.1, 0.15) is 24.1 Å². The van der Waals surface area contributed by atoms with Crippen molar-refractivity contribution >= 4 is 29.0 Å². The van der Waals surface area contributed by atoms with Crippen LogP contribution >= 0.6 is 11.6 Å². The first-order valence-electron chi connectivity index (χ1n) is 11.0. The molecule has 2 aliphatic rings. The summed E-state index contributed by atoms with van der Waals surface area (Å²) in [5.41, 5.74) is 7.33. The number of nitrogens with zero attached hydrogens (tertiary/aromatic N) is 3. The number of aryl methyl sites for hydroxylation is 1. The van der Waals surface area contributed by atoms with Crippen molar-refractivity contribution in [1.29, 1.82) is 0 Å². The summed E-state index contributed by atoms with van der Waals surface area (Å²) in [6.45, 7) is 5.79. The Hall–Kier alpha value is -2.82. The van der Waals surface area contributed by atoms with Crippen LogP contribution in [0.2, 0.25) is 5.02 Å². The first-order chi connectivity index (χ1) is 15.9. The molecule has 11 heteroatoms. The van der Waals surface area contributed by atoms with Crippen LogP contribution in [0.5, 0.6) is 11.5 Å². The van der Waals surface area contributed by atoms with Crippen molar-refractivity contribution in [3.05, 3.63) is 34.7 Å². The Labute approximate surface area is 197 Å². The quantitative estimate of drug-likeness (QED) is 0.436. The largest absolute Gasteiger partial charge is 0.485 e. The van der Waals surface area contributed by atoms with Gasteiger partial charge in [0.05, 0.1) is 23.0 Å². The van der Waals surface area contributed by atoms with Crippen LogP contribution in [0.4, 0.5) is 11.5 Å². The van der Waals surface area contributed by atoms with Crippen molar-refractivity contribution in [2.75, 3.05) is 57.0 Å². The molecule has 1 unspecified atom stereocenters. The number of nitrogen functional groups attached to an aromatic ring is 1. The number of likely N-dealkylation sites (tertiary alicyclic amines) is 1. The van der Waals surface area contributed by atoms with E-state index in [4.69, 9.17) is 26.8 Å². The van der Waals surface area contributed by atoms with Gasteiger partial charge in [-0.05, 0) is 26.0 Å². The standard InChI is InChI=1S/C22H29ClN6O4/c1-13-21(26-4-3-25-13)27-5-7-29-6-2-14(17(30)12-29)11-28-22(31)15-10-16(24)18(23)20-19(15)32-8-9-33-20/h3-4,10,14,17,30H,2,5-9,11-12,24H2,1H3,(H,26,27)(H,28,31)/t14-,17?/m0/s1. The third kappa shape index (κ3) is 5.40. The van der Waals surface area contributed by atoms with Crippen molar-refractivity contribution in [2.24, 2.45) is 5.92 Å². The van der Waals surface area contributed by atoms with Gasteiger partial charge in [0.2, 0.25) is 0 Å². The van der Waals surface area contributed by atoms with Crippen LogP contribution < -0.4 is 25.8 Å². The number of anilines is 2. The van der Waals surface area contributed by atoms with E-state index in [1.165, 1.54) is 6.07 Å². The number of aliphatic hydroxyl groups is 1. The number of fused-ring (bicyclic) bond motifs is 1. The van der Waals surface area contributed by atoms with E-state index < -0.39 is 6.10 Å². The Balaban J connectivity index is 1.27. The number of carbonyl (C=O) groups excluding carboxylic acids is 1. The summed E-state index contributed by atoms with van der Waals surface area (Å²) in [6, 6.07) is 1.50. The van der Waals surface area contributed by atoms with Crippen LogP contribution in [0.1, 0.15) is 22.5 Å². The molecule has 0 aliphatic carbocycles. The average Bonchev–Trinajstić information content (AvgIpc) is 2.82. The molecule has 2 atom stereocenters. The molecule has 178 valence electrons. The summed E-state index contributed by atoms with van der Waals surface area (Å²) in [4.78, 5) is 23.5. The van der Waals surface area contributed by atoms with E-state index >= 15 is 0 Å². The number of amides is 1. The number of nitrogens with one attached hydrogen (secondary N) is 2. The van der Waals surface area contributed by atoms with Crippen molar-refractivity contribution in [2.45, 2.75) is 19.4 Å². The Kier molecular flexibility index (Phi) is 7.36. The highest BCUT2D eigenvalue weighted by molar-refractivity contribution is 6.35. The number of rotatable bonds is 7. The Morgan fingerprint density at radius 2 is 2.06 bits per heavy atom. The number of hydrogen-bond acceptors (Lipinski definition) is 9. The van der Waals surface area contributed by atoms with Crippen molar-refractivity contribution in [3.63, 3.8) is 0 Å². The third-order valence-electron chi connectivity index (χ3n) is 5.96. The number of aliphatic hydroxyl groups excluding tert-OH is 1. The second kappa shape index (κ2) is 10.4. The molecule has 2 aromatic rings. The van der Waals surface area contributed by atoms with Crippen molar-refractivity contribution in [3.8, 4) is 11.5 Å². The molecule has 1 fully saturated rings. The highest BCUT2D eigenvalue weighted by Crippen LogP contribution is 2.43. The zero-order valence-corrected chi connectivity index (χ0v) is 19.3. The van der Waals surface area contributed by atoms with E-state index in [-0.39, 0.29) is 28.1 Å². The second-order valence-electron chi connectivity index (χ2n) is 8.23. The molecular weight excluding hydrogens is 448 g/mol. The second-order valence-corrected chi connectivity index (χ2v) is 8.60. The lowest BCUT2D eigenvalue weighted by Crippen LogP contribution is -2.48. The highest BCUT2D eigenvalue weighted by atomic mass is 35.5. The zero-order valence-electron chi connectivity index (χ0n) is 18.5. The molecule has 0 saturated carbocycles. The molecule has 5 N–H and O–H groups in total. The molecule has 1 amide bonds. The van der Waals surface area contributed by atoms with Crippen molar-refractivity contribution < 1.29 is 19.4 Å². The minimum Gasteiger partial charge on any atom is -0.485 e. The molecule has 10 nitrogen and oxygen atoms in total. The number of piperidine rings is 1. The number of carbonyl (C=O) groups is 1. The number of β-amino-alcohol motifs (C(OH)–C–C–N with tert-alkyl or cyclic N) is 1. The predicted molar refractivity (Wildman–Crippen MR) is 125 cm³/mol. The first-order valence-corrected chi connectivity index (χ1v) is 11.4. The molecule has 1 saturated heterocycles. The molecule has 1 aromatic heterocycles. The number of nitrogens with two attached hydrogens (primary N) is 1. The number of halogens is 1. The van der Waals surface area contributed by atoms with Gasteiger partial charge in [0.15, 0.2) is 11.5 Å². The molecule has 0 bridgehead atoms. The normalized spacial score (nSPS) is 20.3. The van der Waals surface area contributed by atoms with Gasteiger partial charge in [-0.3, -0.25) is 14.7 Å². The Morgan fingerprint density at radius 3 is 2.82 bits per heavy atom. The predicted octanol–water partition coefficient (Wildman–Crippen LogP) is 1.32. The maximum Gasteiger partial charge on any atom is 0.255 e. The summed E-state index contributed by atoms with van der Waals surface area (Å²) in [5, 5.41) is 17.1. The van der Waals surface area contributed by atoms with E-state index in [1.807, 2.05) is 6.92 Å². The minimum absolute atomic E-state index is 0.0435. The SMILES string of the molecule is Cc1nccnc1NCCN1CC[C@@H](CNC(=O)c2cc(N)c(Cl)c3c2OCCO3)C(O)C1.